The molecule has 0 aliphatic carbocycles. The van der Waals surface area contributed by atoms with Gasteiger partial charge in [-0.2, -0.15) is 0 Å². The zero-order valence-corrected chi connectivity index (χ0v) is 17.9. The van der Waals surface area contributed by atoms with Crippen molar-refractivity contribution in [3.05, 3.63) is 29.6 Å². The van der Waals surface area contributed by atoms with E-state index in [4.69, 9.17) is 0 Å². The molecule has 2 aliphatic heterocycles. The summed E-state index contributed by atoms with van der Waals surface area (Å²) in [5.41, 5.74) is 2.96. The molecule has 28 heavy (non-hydrogen) atoms. The highest BCUT2D eigenvalue weighted by Gasteiger charge is 2.19. The van der Waals surface area contributed by atoms with Gasteiger partial charge >= 0.3 is 0 Å². The molecule has 1 unspecified atom stereocenters. The van der Waals surface area contributed by atoms with Gasteiger partial charge in [-0.15, -0.1) is 35.0 Å². The summed E-state index contributed by atoms with van der Waals surface area (Å²) in [5, 5.41) is 15.3. The first-order valence-electron chi connectivity index (χ1n) is 9.77. The van der Waals surface area contributed by atoms with Gasteiger partial charge in [0, 0.05) is 36.7 Å². The summed E-state index contributed by atoms with van der Waals surface area (Å²) in [7, 11) is 0. The molecule has 3 heterocycles. The van der Waals surface area contributed by atoms with Gasteiger partial charge in [-0.25, -0.2) is 0 Å². The van der Waals surface area contributed by atoms with Crippen LogP contribution in [0.15, 0.2) is 18.2 Å². The summed E-state index contributed by atoms with van der Waals surface area (Å²) < 4.78 is 2.24. The number of nitrogens with one attached hydrogen (secondary N) is 2. The lowest BCUT2D eigenvalue weighted by molar-refractivity contribution is -0.116. The largest absolute Gasteiger partial charge is 0.326 e. The van der Waals surface area contributed by atoms with E-state index in [0.29, 0.717) is 12.5 Å². The number of fused-ring (bicyclic) bond motifs is 1. The molecule has 0 saturated carbocycles. The zero-order valence-electron chi connectivity index (χ0n) is 16.2. The van der Waals surface area contributed by atoms with E-state index in [-0.39, 0.29) is 30.7 Å². The monoisotopic (exact) mass is 425 g/mol. The Labute approximate surface area is 178 Å². The standard InChI is InChI=1S/C20H27N5O.2ClH/c1-14-8-9-15(20-24-23-18-7-3-2-4-11-25(18)20)12-17(14)22-19(26)13-16-6-5-10-21-16;;/h8-9,12,16,21H,2-7,10-11,13H2,1H3,(H,22,26);2*1H. The van der Waals surface area contributed by atoms with Crippen LogP contribution in [0.25, 0.3) is 11.4 Å². The van der Waals surface area contributed by atoms with Crippen LogP contribution >= 0.6 is 24.8 Å². The molecule has 1 atom stereocenters. The lowest BCUT2D eigenvalue weighted by atomic mass is 10.1. The minimum Gasteiger partial charge on any atom is -0.326 e. The van der Waals surface area contributed by atoms with Crippen LogP contribution in [0.4, 0.5) is 5.69 Å². The van der Waals surface area contributed by atoms with Crippen molar-refractivity contribution >= 4 is 36.4 Å². The number of aryl methyl sites for hydroxylation is 2. The molecule has 0 bridgehead atoms. The van der Waals surface area contributed by atoms with Crippen molar-refractivity contribution in [2.75, 3.05) is 11.9 Å². The molecule has 1 amide bonds. The third kappa shape index (κ3) is 5.04. The third-order valence-corrected chi connectivity index (χ3v) is 5.47. The van der Waals surface area contributed by atoms with Gasteiger partial charge in [0.15, 0.2) is 5.82 Å². The first kappa shape index (κ1) is 22.7. The van der Waals surface area contributed by atoms with Crippen LogP contribution in [0.2, 0.25) is 0 Å². The Bertz CT molecular complexity index is 802. The molecule has 1 aromatic carbocycles. The highest BCUT2D eigenvalue weighted by Crippen LogP contribution is 2.27. The van der Waals surface area contributed by atoms with Gasteiger partial charge in [0.2, 0.25) is 5.91 Å². The van der Waals surface area contributed by atoms with E-state index in [0.717, 1.165) is 60.8 Å². The van der Waals surface area contributed by atoms with E-state index >= 15 is 0 Å². The number of carbonyl (C=O) groups excluding carboxylic acids is 1. The maximum absolute atomic E-state index is 12.4. The molecule has 1 aromatic heterocycles. The van der Waals surface area contributed by atoms with Gasteiger partial charge in [-0.1, -0.05) is 18.6 Å². The molecule has 0 spiro atoms. The molecule has 0 radical (unpaired) electrons. The normalized spacial score (nSPS) is 18.4. The van der Waals surface area contributed by atoms with Gasteiger partial charge in [-0.3, -0.25) is 4.79 Å². The molecule has 1 fully saturated rings. The minimum absolute atomic E-state index is 0. The Morgan fingerprint density at radius 2 is 2.07 bits per heavy atom. The third-order valence-electron chi connectivity index (χ3n) is 5.47. The van der Waals surface area contributed by atoms with E-state index in [2.05, 4.69) is 37.5 Å². The average Bonchev–Trinajstić information content (AvgIpc) is 3.21. The number of rotatable bonds is 4. The fourth-order valence-electron chi connectivity index (χ4n) is 3.95. The van der Waals surface area contributed by atoms with Crippen LogP contribution in [-0.2, 0) is 17.8 Å². The lowest BCUT2D eigenvalue weighted by Crippen LogP contribution is -2.27. The number of hydrogen-bond donors (Lipinski definition) is 2. The number of halogens is 2. The second kappa shape index (κ2) is 10.2. The van der Waals surface area contributed by atoms with Crippen molar-refractivity contribution in [3.63, 3.8) is 0 Å². The van der Waals surface area contributed by atoms with E-state index in [1.165, 1.54) is 19.3 Å². The van der Waals surface area contributed by atoms with Gasteiger partial charge < -0.3 is 15.2 Å². The van der Waals surface area contributed by atoms with Crippen LogP contribution in [0.3, 0.4) is 0 Å². The van der Waals surface area contributed by atoms with Crippen molar-refractivity contribution in [2.24, 2.45) is 0 Å². The Kier molecular flexibility index (Phi) is 8.28. The van der Waals surface area contributed by atoms with Crippen molar-refractivity contribution in [1.29, 1.82) is 0 Å². The van der Waals surface area contributed by atoms with E-state index < -0.39 is 0 Å². The first-order valence-corrected chi connectivity index (χ1v) is 9.77. The van der Waals surface area contributed by atoms with Gasteiger partial charge in [-0.05, 0) is 50.8 Å². The van der Waals surface area contributed by atoms with Crippen molar-refractivity contribution in [1.82, 2.24) is 20.1 Å². The maximum Gasteiger partial charge on any atom is 0.225 e. The molecule has 2 aliphatic rings. The van der Waals surface area contributed by atoms with Gasteiger partial charge in [0.1, 0.15) is 5.82 Å². The quantitative estimate of drug-likeness (QED) is 0.778. The Morgan fingerprint density at radius 1 is 1.21 bits per heavy atom. The summed E-state index contributed by atoms with van der Waals surface area (Å²) >= 11 is 0. The second-order valence-corrected chi connectivity index (χ2v) is 7.48. The van der Waals surface area contributed by atoms with Crippen LogP contribution < -0.4 is 10.6 Å². The topological polar surface area (TPSA) is 71.8 Å². The summed E-state index contributed by atoms with van der Waals surface area (Å²) in [6.45, 7) is 4.02. The van der Waals surface area contributed by atoms with Gasteiger partial charge in [0.05, 0.1) is 0 Å². The lowest BCUT2D eigenvalue weighted by Gasteiger charge is -2.14. The van der Waals surface area contributed by atoms with Crippen LogP contribution in [-0.4, -0.2) is 33.3 Å². The van der Waals surface area contributed by atoms with E-state index in [1.54, 1.807) is 0 Å². The highest BCUT2D eigenvalue weighted by atomic mass is 35.5. The number of aromatic nitrogens is 3. The molecule has 6 nitrogen and oxygen atoms in total. The van der Waals surface area contributed by atoms with Crippen molar-refractivity contribution in [2.45, 2.75) is 64.5 Å². The summed E-state index contributed by atoms with van der Waals surface area (Å²) in [4.78, 5) is 12.4. The molecular formula is C20H29Cl2N5O. The number of amides is 1. The fraction of sp³-hybridized carbons (Fsp3) is 0.550. The molecule has 1 saturated heterocycles. The van der Waals surface area contributed by atoms with Crippen molar-refractivity contribution < 1.29 is 4.79 Å². The number of hydrogen-bond acceptors (Lipinski definition) is 4. The van der Waals surface area contributed by atoms with Crippen LogP contribution in [0.5, 0.6) is 0 Å². The summed E-state index contributed by atoms with van der Waals surface area (Å²) in [6.07, 6.45) is 7.36. The number of benzene rings is 1. The SMILES string of the molecule is Cc1ccc(-c2nnc3n2CCCCC3)cc1NC(=O)CC1CCCN1.Cl.Cl. The Hall–Kier alpha value is -1.63. The Balaban J connectivity index is 0.00000140. The minimum atomic E-state index is 0. The molecule has 4 rings (SSSR count). The molecule has 2 aromatic rings. The predicted octanol–water partition coefficient (Wildman–Crippen LogP) is 3.90. The van der Waals surface area contributed by atoms with Crippen LogP contribution in [0.1, 0.15) is 49.9 Å². The highest BCUT2D eigenvalue weighted by molar-refractivity contribution is 5.92. The van der Waals surface area contributed by atoms with E-state index in [9.17, 15) is 4.79 Å². The second-order valence-electron chi connectivity index (χ2n) is 7.48. The smallest absolute Gasteiger partial charge is 0.225 e. The average molecular weight is 426 g/mol. The van der Waals surface area contributed by atoms with Crippen molar-refractivity contribution in [3.8, 4) is 11.4 Å². The molecule has 2 N–H and O–H groups in total. The number of nitrogens with zero attached hydrogens (tertiary/aromatic N) is 3. The molecule has 8 heteroatoms. The summed E-state index contributed by atoms with van der Waals surface area (Å²) in [5.74, 6) is 2.07. The number of carbonyl (C=O) groups is 1. The number of anilines is 1. The fourth-order valence-corrected chi connectivity index (χ4v) is 3.95. The predicted molar refractivity (Wildman–Crippen MR) is 117 cm³/mol. The zero-order chi connectivity index (χ0) is 17.9. The molecule has 154 valence electrons. The van der Waals surface area contributed by atoms with E-state index in [1.807, 2.05) is 13.0 Å². The maximum atomic E-state index is 12.4. The molecular weight excluding hydrogens is 397 g/mol. The summed E-state index contributed by atoms with van der Waals surface area (Å²) in [6, 6.07) is 6.48. The first-order chi connectivity index (χ1) is 12.7. The van der Waals surface area contributed by atoms with Gasteiger partial charge in [0.25, 0.3) is 0 Å². The Morgan fingerprint density at radius 3 is 2.86 bits per heavy atom. The van der Waals surface area contributed by atoms with Crippen LogP contribution in [0, 0.1) is 6.92 Å².